The summed E-state index contributed by atoms with van der Waals surface area (Å²) in [4.78, 5) is 12.0. The molecule has 2 aliphatic rings. The van der Waals surface area contributed by atoms with Crippen LogP contribution in [0.3, 0.4) is 0 Å². The quantitative estimate of drug-likeness (QED) is 0.434. The van der Waals surface area contributed by atoms with Crippen LogP contribution < -0.4 is 5.32 Å². The molecule has 2 rings (SSSR count). The third kappa shape index (κ3) is 8.34. The summed E-state index contributed by atoms with van der Waals surface area (Å²) in [7, 11) is 0. The van der Waals surface area contributed by atoms with Gasteiger partial charge in [-0.25, -0.2) is 0 Å². The summed E-state index contributed by atoms with van der Waals surface area (Å²) in [5, 5.41) is 22.4. The molecule has 3 N–H and O–H groups in total. The fourth-order valence-corrected chi connectivity index (χ4v) is 3.95. The summed E-state index contributed by atoms with van der Waals surface area (Å²) in [6.45, 7) is 10.3. The van der Waals surface area contributed by atoms with Gasteiger partial charge in [-0.3, -0.25) is 4.79 Å². The molecule has 6 nitrogen and oxygen atoms in total. The van der Waals surface area contributed by atoms with Crippen molar-refractivity contribution in [1.29, 1.82) is 0 Å². The van der Waals surface area contributed by atoms with E-state index in [0.29, 0.717) is 25.4 Å². The van der Waals surface area contributed by atoms with Gasteiger partial charge in [0, 0.05) is 12.5 Å². The molecule has 7 atom stereocenters. The predicted molar refractivity (Wildman–Crippen MR) is 118 cm³/mol. The van der Waals surface area contributed by atoms with Crippen LogP contribution in [0.5, 0.6) is 0 Å². The molecule has 2 aliphatic heterocycles. The number of carbonyl (C=O) groups excluding carboxylic acids is 1. The largest absolute Gasteiger partial charge is 0.390 e. The number of ether oxygens (including phenoxy) is 2. The standard InChI is InChI=1S/C24H39NO5/c1-16(6-9-20-15-24(5,28)12-13-29-20)7-10-22-17(2)14-21(19(4)30-22)25-23(27)11-8-18(3)26/h6-9,11,17-22,26,28H,10,12-15H2,1-5H3,(H,25,27)/b9-6+,11-8-,16-7+. The van der Waals surface area contributed by atoms with Crippen LogP contribution in [0.15, 0.2) is 36.0 Å². The molecule has 0 aliphatic carbocycles. The Bertz CT molecular complexity index is 652. The summed E-state index contributed by atoms with van der Waals surface area (Å²) >= 11 is 0. The van der Waals surface area contributed by atoms with Gasteiger partial charge in [-0.15, -0.1) is 0 Å². The van der Waals surface area contributed by atoms with Crippen LogP contribution in [0.4, 0.5) is 0 Å². The maximum atomic E-state index is 12.0. The van der Waals surface area contributed by atoms with Crippen molar-refractivity contribution in [3.8, 4) is 0 Å². The Morgan fingerprint density at radius 1 is 1.33 bits per heavy atom. The van der Waals surface area contributed by atoms with Crippen LogP contribution in [-0.2, 0) is 14.3 Å². The van der Waals surface area contributed by atoms with Crippen LogP contribution >= 0.6 is 0 Å². The molecule has 6 heteroatoms. The first kappa shape index (κ1) is 24.8. The molecule has 2 heterocycles. The third-order valence-electron chi connectivity index (χ3n) is 5.93. The van der Waals surface area contributed by atoms with E-state index in [0.717, 1.165) is 18.4 Å². The first-order valence-electron chi connectivity index (χ1n) is 11.1. The zero-order valence-corrected chi connectivity index (χ0v) is 19.0. The number of amides is 1. The summed E-state index contributed by atoms with van der Waals surface area (Å²) in [5.41, 5.74) is 0.496. The van der Waals surface area contributed by atoms with E-state index in [-0.39, 0.29) is 30.3 Å². The molecule has 2 saturated heterocycles. The normalized spacial score (nSPS) is 36.9. The number of carbonyl (C=O) groups is 1. The Labute approximate surface area is 181 Å². The topological polar surface area (TPSA) is 88.0 Å². The molecular formula is C24H39NO5. The van der Waals surface area contributed by atoms with Gasteiger partial charge >= 0.3 is 0 Å². The van der Waals surface area contributed by atoms with E-state index in [4.69, 9.17) is 9.47 Å². The lowest BCUT2D eigenvalue weighted by molar-refractivity contribution is -0.123. The Morgan fingerprint density at radius 3 is 2.73 bits per heavy atom. The van der Waals surface area contributed by atoms with E-state index in [1.807, 2.05) is 19.9 Å². The van der Waals surface area contributed by atoms with Gasteiger partial charge in [0.25, 0.3) is 0 Å². The maximum Gasteiger partial charge on any atom is 0.244 e. The van der Waals surface area contributed by atoms with Crippen LogP contribution in [0.2, 0.25) is 0 Å². The molecule has 1 amide bonds. The molecule has 0 aromatic carbocycles. The second-order valence-electron chi connectivity index (χ2n) is 9.21. The Kier molecular flexibility index (Phi) is 9.29. The Balaban J connectivity index is 1.83. The van der Waals surface area contributed by atoms with Gasteiger partial charge in [-0.2, -0.15) is 0 Å². The third-order valence-corrected chi connectivity index (χ3v) is 5.93. The molecule has 2 fully saturated rings. The Hall–Kier alpha value is -1.47. The number of hydrogen-bond donors (Lipinski definition) is 3. The van der Waals surface area contributed by atoms with Gasteiger partial charge in [-0.05, 0) is 52.9 Å². The van der Waals surface area contributed by atoms with Gasteiger partial charge in [0.15, 0.2) is 0 Å². The van der Waals surface area contributed by atoms with Crippen molar-refractivity contribution in [2.75, 3.05) is 6.61 Å². The van der Waals surface area contributed by atoms with Crippen LogP contribution in [0, 0.1) is 5.92 Å². The summed E-state index contributed by atoms with van der Waals surface area (Å²) in [6.07, 6.45) is 11.4. The SMILES string of the molecule is CC(/C=C/C1CC(C)(O)CCO1)=C\CC1OC(C)C(NC(=O)/C=C\C(C)O)CC1C. The fourth-order valence-electron chi connectivity index (χ4n) is 3.95. The summed E-state index contributed by atoms with van der Waals surface area (Å²) in [6, 6.07) is -0.0383. The lowest BCUT2D eigenvalue weighted by atomic mass is 9.88. The number of aliphatic hydroxyl groups is 2. The van der Waals surface area contributed by atoms with E-state index in [2.05, 4.69) is 31.3 Å². The van der Waals surface area contributed by atoms with Gasteiger partial charge < -0.3 is 25.0 Å². The lowest BCUT2D eigenvalue weighted by Crippen LogP contribution is -2.50. The van der Waals surface area contributed by atoms with E-state index in [9.17, 15) is 15.0 Å². The smallest absolute Gasteiger partial charge is 0.244 e. The maximum absolute atomic E-state index is 12.0. The highest BCUT2D eigenvalue weighted by Gasteiger charge is 2.33. The van der Waals surface area contributed by atoms with Crippen molar-refractivity contribution in [1.82, 2.24) is 5.32 Å². The molecule has 0 aromatic heterocycles. The first-order chi connectivity index (χ1) is 14.1. The number of aliphatic hydroxyl groups excluding tert-OH is 1. The van der Waals surface area contributed by atoms with Crippen molar-refractivity contribution in [2.45, 2.75) is 96.4 Å². The van der Waals surface area contributed by atoms with Crippen molar-refractivity contribution >= 4 is 5.91 Å². The highest BCUT2D eigenvalue weighted by molar-refractivity contribution is 5.87. The van der Waals surface area contributed by atoms with Crippen LogP contribution in [0.25, 0.3) is 0 Å². The second kappa shape index (κ2) is 11.2. The fraction of sp³-hybridized carbons (Fsp3) is 0.708. The zero-order chi connectivity index (χ0) is 22.3. The predicted octanol–water partition coefficient (Wildman–Crippen LogP) is 3.04. The molecule has 0 bridgehead atoms. The minimum absolute atomic E-state index is 0.0383. The number of allylic oxidation sites excluding steroid dienone is 2. The molecule has 30 heavy (non-hydrogen) atoms. The molecule has 0 radical (unpaired) electrons. The molecule has 0 spiro atoms. The minimum Gasteiger partial charge on any atom is -0.390 e. The van der Waals surface area contributed by atoms with Crippen LogP contribution in [0.1, 0.15) is 60.3 Å². The van der Waals surface area contributed by atoms with Crippen molar-refractivity contribution < 1.29 is 24.5 Å². The Morgan fingerprint density at radius 2 is 2.07 bits per heavy atom. The van der Waals surface area contributed by atoms with Crippen molar-refractivity contribution in [3.05, 3.63) is 36.0 Å². The molecule has 0 aromatic rings. The average molecular weight is 422 g/mol. The minimum atomic E-state index is -0.648. The van der Waals surface area contributed by atoms with E-state index < -0.39 is 11.7 Å². The van der Waals surface area contributed by atoms with Crippen molar-refractivity contribution in [3.63, 3.8) is 0 Å². The second-order valence-corrected chi connectivity index (χ2v) is 9.21. The lowest BCUT2D eigenvalue weighted by Gasteiger charge is -2.39. The van der Waals surface area contributed by atoms with Crippen LogP contribution in [-0.4, -0.2) is 58.8 Å². The summed E-state index contributed by atoms with van der Waals surface area (Å²) in [5.74, 6) is 0.115. The highest BCUT2D eigenvalue weighted by atomic mass is 16.5. The van der Waals surface area contributed by atoms with Gasteiger partial charge in [0.1, 0.15) is 0 Å². The molecule has 7 unspecified atom stereocenters. The zero-order valence-electron chi connectivity index (χ0n) is 19.0. The highest BCUT2D eigenvalue weighted by Crippen LogP contribution is 2.28. The van der Waals surface area contributed by atoms with E-state index in [1.165, 1.54) is 12.2 Å². The van der Waals surface area contributed by atoms with Crippen molar-refractivity contribution in [2.24, 2.45) is 5.92 Å². The monoisotopic (exact) mass is 421 g/mol. The molecule has 170 valence electrons. The summed E-state index contributed by atoms with van der Waals surface area (Å²) < 4.78 is 11.9. The number of rotatable bonds is 7. The average Bonchev–Trinajstić information content (AvgIpc) is 2.65. The number of hydrogen-bond acceptors (Lipinski definition) is 5. The number of nitrogens with one attached hydrogen (secondary N) is 1. The molecular weight excluding hydrogens is 382 g/mol. The molecule has 0 saturated carbocycles. The van der Waals surface area contributed by atoms with E-state index >= 15 is 0 Å². The van der Waals surface area contributed by atoms with Gasteiger partial charge in [0.2, 0.25) is 5.91 Å². The first-order valence-corrected chi connectivity index (χ1v) is 11.1. The van der Waals surface area contributed by atoms with Gasteiger partial charge in [-0.1, -0.05) is 36.8 Å². The van der Waals surface area contributed by atoms with E-state index in [1.54, 1.807) is 6.92 Å². The van der Waals surface area contributed by atoms with Gasteiger partial charge in [0.05, 0.1) is 42.7 Å².